The molecule has 0 aliphatic carbocycles. The highest BCUT2D eigenvalue weighted by molar-refractivity contribution is 5.81. The van der Waals surface area contributed by atoms with Gasteiger partial charge in [-0.05, 0) is 31.0 Å². The minimum absolute atomic E-state index is 0.138. The SMILES string of the molecule is CC(Cc1ccc2c(c1)OCO2)NC(=O)C(F)(F)F. The molecule has 2 rings (SSSR count). The number of fused-ring (bicyclic) bond motifs is 1. The van der Waals surface area contributed by atoms with Crippen LogP contribution in [0.15, 0.2) is 18.2 Å². The molecule has 0 fully saturated rings. The maximum absolute atomic E-state index is 12.1. The molecule has 1 heterocycles. The number of nitrogens with one attached hydrogen (secondary N) is 1. The summed E-state index contributed by atoms with van der Waals surface area (Å²) in [6.07, 6.45) is -4.58. The van der Waals surface area contributed by atoms with Crippen molar-refractivity contribution < 1.29 is 27.4 Å². The van der Waals surface area contributed by atoms with E-state index in [4.69, 9.17) is 9.47 Å². The lowest BCUT2D eigenvalue weighted by Crippen LogP contribution is -2.42. The van der Waals surface area contributed by atoms with Gasteiger partial charge in [0.05, 0.1) is 0 Å². The van der Waals surface area contributed by atoms with E-state index in [1.807, 2.05) is 5.32 Å². The number of rotatable bonds is 3. The number of carbonyl (C=O) groups is 1. The van der Waals surface area contributed by atoms with Crippen LogP contribution in [0.25, 0.3) is 0 Å². The topological polar surface area (TPSA) is 47.6 Å². The highest BCUT2D eigenvalue weighted by atomic mass is 19.4. The fourth-order valence-corrected chi connectivity index (χ4v) is 1.78. The first-order valence-electron chi connectivity index (χ1n) is 5.62. The molecule has 0 radical (unpaired) electrons. The maximum atomic E-state index is 12.1. The quantitative estimate of drug-likeness (QED) is 0.918. The molecule has 4 nitrogen and oxygen atoms in total. The molecule has 0 bridgehead atoms. The maximum Gasteiger partial charge on any atom is 0.471 e. The number of carbonyl (C=O) groups excluding carboxylic acids is 1. The summed E-state index contributed by atoms with van der Waals surface area (Å²) >= 11 is 0. The number of amides is 1. The van der Waals surface area contributed by atoms with Crippen molar-refractivity contribution in [2.24, 2.45) is 0 Å². The van der Waals surface area contributed by atoms with Crippen LogP contribution in [0.5, 0.6) is 11.5 Å². The zero-order chi connectivity index (χ0) is 14.0. The number of benzene rings is 1. The second-order valence-corrected chi connectivity index (χ2v) is 4.26. The molecule has 1 aromatic rings. The molecular weight excluding hydrogens is 263 g/mol. The van der Waals surface area contributed by atoms with Gasteiger partial charge in [0.2, 0.25) is 6.79 Å². The van der Waals surface area contributed by atoms with E-state index < -0.39 is 18.1 Å². The van der Waals surface area contributed by atoms with Gasteiger partial charge >= 0.3 is 12.1 Å². The summed E-state index contributed by atoms with van der Waals surface area (Å²) in [5.74, 6) is -0.761. The standard InChI is InChI=1S/C12H12F3NO3/c1-7(16-11(17)12(13,14)15)4-8-2-3-9-10(5-8)19-6-18-9/h2-3,5,7H,4,6H2,1H3,(H,16,17). The first kappa shape index (κ1) is 13.5. The van der Waals surface area contributed by atoms with Gasteiger partial charge in [-0.25, -0.2) is 0 Å². The number of alkyl halides is 3. The summed E-state index contributed by atoms with van der Waals surface area (Å²) in [6, 6.07) is 4.48. The lowest BCUT2D eigenvalue weighted by Gasteiger charge is -2.15. The van der Waals surface area contributed by atoms with Crippen LogP contribution in [0, 0.1) is 0 Å². The van der Waals surface area contributed by atoms with Crippen LogP contribution in [0.3, 0.4) is 0 Å². The Hall–Kier alpha value is -1.92. The van der Waals surface area contributed by atoms with Crippen molar-refractivity contribution in [1.29, 1.82) is 0 Å². The highest BCUT2D eigenvalue weighted by Gasteiger charge is 2.39. The average Bonchev–Trinajstić information content (AvgIpc) is 2.74. The first-order valence-corrected chi connectivity index (χ1v) is 5.62. The van der Waals surface area contributed by atoms with E-state index in [1.54, 1.807) is 18.2 Å². The third-order valence-corrected chi connectivity index (χ3v) is 2.61. The van der Waals surface area contributed by atoms with E-state index in [9.17, 15) is 18.0 Å². The van der Waals surface area contributed by atoms with Crippen LogP contribution < -0.4 is 14.8 Å². The van der Waals surface area contributed by atoms with E-state index >= 15 is 0 Å². The van der Waals surface area contributed by atoms with Gasteiger partial charge in [-0.1, -0.05) is 6.07 Å². The summed E-state index contributed by atoms with van der Waals surface area (Å²) in [6.45, 7) is 1.65. The Morgan fingerprint density at radius 2 is 2.05 bits per heavy atom. The fraction of sp³-hybridized carbons (Fsp3) is 0.417. The van der Waals surface area contributed by atoms with Crippen molar-refractivity contribution in [2.75, 3.05) is 6.79 Å². The number of hydrogen-bond donors (Lipinski definition) is 1. The Morgan fingerprint density at radius 1 is 1.37 bits per heavy atom. The minimum Gasteiger partial charge on any atom is -0.454 e. The normalized spacial score (nSPS) is 15.2. The second kappa shape index (κ2) is 4.99. The molecule has 19 heavy (non-hydrogen) atoms. The molecule has 1 amide bonds. The van der Waals surface area contributed by atoms with Gasteiger partial charge in [0.1, 0.15) is 0 Å². The molecule has 1 unspecified atom stereocenters. The molecule has 1 atom stereocenters. The van der Waals surface area contributed by atoms with Gasteiger partial charge in [0.25, 0.3) is 0 Å². The van der Waals surface area contributed by atoms with Crippen LogP contribution >= 0.6 is 0 Å². The van der Waals surface area contributed by atoms with E-state index in [0.29, 0.717) is 11.5 Å². The van der Waals surface area contributed by atoms with Crippen molar-refractivity contribution >= 4 is 5.91 Å². The molecule has 104 valence electrons. The second-order valence-electron chi connectivity index (χ2n) is 4.26. The summed E-state index contributed by atoms with van der Waals surface area (Å²) in [5, 5.41) is 1.90. The van der Waals surface area contributed by atoms with Gasteiger partial charge < -0.3 is 14.8 Å². The number of halogens is 3. The van der Waals surface area contributed by atoms with Crippen molar-refractivity contribution in [3.05, 3.63) is 23.8 Å². The van der Waals surface area contributed by atoms with Crippen LogP contribution in [0.2, 0.25) is 0 Å². The summed E-state index contributed by atoms with van der Waals surface area (Å²) < 4.78 is 46.5. The Morgan fingerprint density at radius 3 is 2.74 bits per heavy atom. The first-order chi connectivity index (χ1) is 8.86. The molecule has 0 spiro atoms. The monoisotopic (exact) mass is 275 g/mol. The zero-order valence-corrected chi connectivity index (χ0v) is 10.1. The Bertz CT molecular complexity index is 488. The average molecular weight is 275 g/mol. The fourth-order valence-electron chi connectivity index (χ4n) is 1.78. The predicted octanol–water partition coefficient (Wildman–Crippen LogP) is 2.02. The van der Waals surface area contributed by atoms with E-state index in [-0.39, 0.29) is 13.2 Å². The molecule has 0 saturated carbocycles. The Kier molecular flexibility index (Phi) is 3.55. The van der Waals surface area contributed by atoms with Gasteiger partial charge in [-0.2, -0.15) is 13.2 Å². The van der Waals surface area contributed by atoms with Crippen LogP contribution in [-0.2, 0) is 11.2 Å². The van der Waals surface area contributed by atoms with Gasteiger partial charge in [-0.3, -0.25) is 4.79 Å². The smallest absolute Gasteiger partial charge is 0.454 e. The predicted molar refractivity (Wildman–Crippen MR) is 59.9 cm³/mol. The van der Waals surface area contributed by atoms with E-state index in [1.165, 1.54) is 6.92 Å². The molecular formula is C12H12F3NO3. The van der Waals surface area contributed by atoms with Crippen molar-refractivity contribution in [2.45, 2.75) is 25.6 Å². The lowest BCUT2D eigenvalue weighted by atomic mass is 10.1. The molecule has 1 aliphatic heterocycles. The van der Waals surface area contributed by atoms with Crippen molar-refractivity contribution in [1.82, 2.24) is 5.32 Å². The summed E-state index contributed by atoms with van der Waals surface area (Å²) in [4.78, 5) is 10.8. The summed E-state index contributed by atoms with van der Waals surface area (Å²) in [7, 11) is 0. The van der Waals surface area contributed by atoms with Crippen LogP contribution in [-0.4, -0.2) is 24.9 Å². The zero-order valence-electron chi connectivity index (χ0n) is 10.1. The van der Waals surface area contributed by atoms with Crippen molar-refractivity contribution in [3.8, 4) is 11.5 Å². The van der Waals surface area contributed by atoms with Gasteiger partial charge in [0, 0.05) is 6.04 Å². The molecule has 0 saturated heterocycles. The number of hydrogen-bond acceptors (Lipinski definition) is 3. The van der Waals surface area contributed by atoms with Gasteiger partial charge in [-0.15, -0.1) is 0 Å². The van der Waals surface area contributed by atoms with Gasteiger partial charge in [0.15, 0.2) is 11.5 Å². The summed E-state index contributed by atoms with van der Waals surface area (Å²) in [5.41, 5.74) is 0.763. The minimum atomic E-state index is -4.86. The molecule has 1 aliphatic rings. The largest absolute Gasteiger partial charge is 0.471 e. The molecule has 1 aromatic carbocycles. The van der Waals surface area contributed by atoms with Crippen LogP contribution in [0.1, 0.15) is 12.5 Å². The molecule has 1 N–H and O–H groups in total. The van der Waals surface area contributed by atoms with Crippen molar-refractivity contribution in [3.63, 3.8) is 0 Å². The number of ether oxygens (including phenoxy) is 2. The Labute approximate surface area is 107 Å². The third kappa shape index (κ3) is 3.30. The third-order valence-electron chi connectivity index (χ3n) is 2.61. The highest BCUT2D eigenvalue weighted by Crippen LogP contribution is 2.32. The molecule has 7 heteroatoms. The molecule has 0 aromatic heterocycles. The Balaban J connectivity index is 1.96. The van der Waals surface area contributed by atoms with Crippen LogP contribution in [0.4, 0.5) is 13.2 Å². The van der Waals surface area contributed by atoms with E-state index in [0.717, 1.165) is 5.56 Å². The van der Waals surface area contributed by atoms with E-state index in [2.05, 4.69) is 0 Å². The lowest BCUT2D eigenvalue weighted by molar-refractivity contribution is -0.174.